The summed E-state index contributed by atoms with van der Waals surface area (Å²) in [6.45, 7) is 1.96. The van der Waals surface area contributed by atoms with Crippen LogP contribution < -0.4 is 9.46 Å². The van der Waals surface area contributed by atoms with Gasteiger partial charge in [0.15, 0.2) is 0 Å². The number of benzene rings is 2. The molecule has 11 heteroatoms. The minimum absolute atomic E-state index is 0.174. The SMILES string of the molecule is O=S(=O)(NC1(c2ccc(Cl)cn2)CCN(Cc2ccccc2)CC1)c1ccc(OC(F)(F)F)cc1. The lowest BCUT2D eigenvalue weighted by Crippen LogP contribution is -2.53. The maximum Gasteiger partial charge on any atom is 0.573 e. The van der Waals surface area contributed by atoms with Gasteiger partial charge in [-0.25, -0.2) is 8.42 Å². The third-order valence-corrected chi connectivity index (χ3v) is 7.65. The molecule has 1 fully saturated rings. The van der Waals surface area contributed by atoms with E-state index in [0.717, 1.165) is 36.4 Å². The van der Waals surface area contributed by atoms with E-state index in [2.05, 4.69) is 19.3 Å². The number of likely N-dealkylation sites (tertiary alicyclic amines) is 1. The molecular weight excluding hydrogens is 503 g/mol. The molecule has 1 aliphatic rings. The van der Waals surface area contributed by atoms with Crippen molar-refractivity contribution in [3.8, 4) is 5.75 Å². The Morgan fingerprint density at radius 2 is 1.66 bits per heavy atom. The Kier molecular flexibility index (Phi) is 7.37. The number of nitrogens with one attached hydrogen (secondary N) is 1. The van der Waals surface area contributed by atoms with Crippen LogP contribution in [0.5, 0.6) is 5.75 Å². The first-order valence-electron chi connectivity index (χ1n) is 10.8. The number of sulfonamides is 1. The Hall–Kier alpha value is -2.66. The minimum Gasteiger partial charge on any atom is -0.406 e. The molecule has 3 aromatic rings. The molecule has 1 N–H and O–H groups in total. The molecule has 0 amide bonds. The van der Waals surface area contributed by atoms with Crippen molar-refractivity contribution >= 4 is 21.6 Å². The molecule has 0 spiro atoms. The highest BCUT2D eigenvalue weighted by Crippen LogP contribution is 2.35. The largest absolute Gasteiger partial charge is 0.573 e. The molecule has 186 valence electrons. The van der Waals surface area contributed by atoms with E-state index in [1.165, 1.54) is 6.20 Å². The van der Waals surface area contributed by atoms with Crippen LogP contribution in [0.25, 0.3) is 0 Å². The highest BCUT2D eigenvalue weighted by Gasteiger charge is 2.41. The van der Waals surface area contributed by atoms with Crippen LogP contribution in [-0.2, 0) is 22.1 Å². The van der Waals surface area contributed by atoms with Gasteiger partial charge >= 0.3 is 6.36 Å². The topological polar surface area (TPSA) is 71.5 Å². The number of ether oxygens (including phenoxy) is 1. The monoisotopic (exact) mass is 525 g/mol. The standard InChI is InChI=1S/C24H23ClF3N3O3S/c25-19-6-11-22(29-16-19)23(12-14-31(15-13-23)17-18-4-2-1-3-5-18)30-35(32,33)21-9-7-20(8-10-21)34-24(26,27)28/h1-11,16,30H,12-15,17H2. The number of hydrogen-bond donors (Lipinski definition) is 1. The van der Waals surface area contributed by atoms with Crippen LogP contribution in [0.15, 0.2) is 77.8 Å². The molecule has 1 aliphatic heterocycles. The van der Waals surface area contributed by atoms with E-state index < -0.39 is 27.7 Å². The van der Waals surface area contributed by atoms with E-state index in [-0.39, 0.29) is 4.90 Å². The van der Waals surface area contributed by atoms with Crippen LogP contribution in [0.3, 0.4) is 0 Å². The van der Waals surface area contributed by atoms with Crippen molar-refractivity contribution in [3.63, 3.8) is 0 Å². The molecule has 4 rings (SSSR count). The number of rotatable bonds is 7. The summed E-state index contributed by atoms with van der Waals surface area (Å²) in [5.74, 6) is -0.500. The van der Waals surface area contributed by atoms with E-state index in [1.807, 2.05) is 30.3 Å². The van der Waals surface area contributed by atoms with Crippen LogP contribution in [0, 0.1) is 0 Å². The molecule has 0 aliphatic carbocycles. The summed E-state index contributed by atoms with van der Waals surface area (Å²) >= 11 is 6.00. The van der Waals surface area contributed by atoms with Gasteiger partial charge in [-0.05, 0) is 54.8 Å². The number of nitrogens with zero attached hydrogens (tertiary/aromatic N) is 2. The Morgan fingerprint density at radius 1 is 1.00 bits per heavy atom. The van der Waals surface area contributed by atoms with Gasteiger partial charge in [-0.1, -0.05) is 41.9 Å². The third kappa shape index (κ3) is 6.52. The maximum absolute atomic E-state index is 13.3. The molecule has 0 atom stereocenters. The van der Waals surface area contributed by atoms with Gasteiger partial charge < -0.3 is 4.74 Å². The number of alkyl halides is 3. The molecule has 35 heavy (non-hydrogen) atoms. The summed E-state index contributed by atoms with van der Waals surface area (Å²) in [6.07, 6.45) is -2.50. The number of piperidine rings is 1. The predicted octanol–water partition coefficient (Wildman–Crippen LogP) is 5.10. The second-order valence-electron chi connectivity index (χ2n) is 8.33. The highest BCUT2D eigenvalue weighted by molar-refractivity contribution is 7.89. The predicted molar refractivity (Wildman–Crippen MR) is 125 cm³/mol. The minimum atomic E-state index is -4.86. The van der Waals surface area contributed by atoms with Gasteiger partial charge in [0.2, 0.25) is 10.0 Å². The van der Waals surface area contributed by atoms with Crippen LogP contribution in [0.4, 0.5) is 13.2 Å². The third-order valence-electron chi connectivity index (χ3n) is 5.87. The number of pyridine rings is 1. The molecular formula is C24H23ClF3N3O3S. The summed E-state index contributed by atoms with van der Waals surface area (Å²) in [5.41, 5.74) is 0.686. The average molecular weight is 526 g/mol. The lowest BCUT2D eigenvalue weighted by molar-refractivity contribution is -0.274. The fraction of sp³-hybridized carbons (Fsp3) is 0.292. The van der Waals surface area contributed by atoms with Gasteiger partial charge in [-0.2, -0.15) is 4.72 Å². The van der Waals surface area contributed by atoms with Crippen molar-refractivity contribution in [2.24, 2.45) is 0 Å². The molecule has 1 aromatic heterocycles. The molecule has 0 saturated carbocycles. The summed E-state index contributed by atoms with van der Waals surface area (Å²) in [5, 5.41) is 0.425. The van der Waals surface area contributed by atoms with Crippen molar-refractivity contribution in [1.82, 2.24) is 14.6 Å². The Balaban J connectivity index is 1.56. The van der Waals surface area contributed by atoms with Gasteiger partial charge in [0.05, 0.1) is 21.2 Å². The van der Waals surface area contributed by atoms with Crippen LogP contribution in [0.1, 0.15) is 24.1 Å². The maximum atomic E-state index is 13.3. The van der Waals surface area contributed by atoms with E-state index in [9.17, 15) is 21.6 Å². The quantitative estimate of drug-likeness (QED) is 0.464. The Labute approximate surface area is 206 Å². The molecule has 1 saturated heterocycles. The zero-order chi connectivity index (χ0) is 25.1. The van der Waals surface area contributed by atoms with Gasteiger partial charge in [0.1, 0.15) is 5.75 Å². The Morgan fingerprint density at radius 3 is 2.23 bits per heavy atom. The fourth-order valence-electron chi connectivity index (χ4n) is 4.14. The van der Waals surface area contributed by atoms with Crippen molar-refractivity contribution in [2.45, 2.75) is 36.2 Å². The first-order valence-corrected chi connectivity index (χ1v) is 12.7. The smallest absolute Gasteiger partial charge is 0.406 e. The number of hydrogen-bond acceptors (Lipinski definition) is 5. The molecule has 0 radical (unpaired) electrons. The van der Waals surface area contributed by atoms with Crippen LogP contribution in [-0.4, -0.2) is 37.8 Å². The summed E-state index contributed by atoms with van der Waals surface area (Å²) in [7, 11) is -4.09. The van der Waals surface area contributed by atoms with Crippen molar-refractivity contribution in [2.75, 3.05) is 13.1 Å². The van der Waals surface area contributed by atoms with E-state index >= 15 is 0 Å². The summed E-state index contributed by atoms with van der Waals surface area (Å²) in [4.78, 5) is 6.46. The van der Waals surface area contributed by atoms with E-state index in [0.29, 0.717) is 36.6 Å². The average Bonchev–Trinajstić information content (AvgIpc) is 2.81. The molecule has 0 unspecified atom stereocenters. The lowest BCUT2D eigenvalue weighted by atomic mass is 9.85. The number of aromatic nitrogens is 1. The van der Waals surface area contributed by atoms with Gasteiger partial charge in [-0.3, -0.25) is 9.88 Å². The second-order valence-corrected chi connectivity index (χ2v) is 10.4. The van der Waals surface area contributed by atoms with Crippen molar-refractivity contribution in [1.29, 1.82) is 0 Å². The van der Waals surface area contributed by atoms with Gasteiger partial charge in [0, 0.05) is 25.8 Å². The Bertz CT molecular complexity index is 1230. The zero-order valence-electron chi connectivity index (χ0n) is 18.5. The molecule has 6 nitrogen and oxygen atoms in total. The van der Waals surface area contributed by atoms with Gasteiger partial charge in [0.25, 0.3) is 0 Å². The van der Waals surface area contributed by atoms with E-state index in [1.54, 1.807) is 12.1 Å². The van der Waals surface area contributed by atoms with Gasteiger partial charge in [-0.15, -0.1) is 13.2 Å². The van der Waals surface area contributed by atoms with Crippen LogP contribution in [0.2, 0.25) is 5.02 Å². The molecule has 2 aromatic carbocycles. The zero-order valence-corrected chi connectivity index (χ0v) is 20.1. The van der Waals surface area contributed by atoms with Crippen molar-refractivity contribution in [3.05, 3.63) is 89.2 Å². The summed E-state index contributed by atoms with van der Waals surface area (Å²) in [6, 6.07) is 17.4. The molecule has 2 heterocycles. The van der Waals surface area contributed by atoms with Crippen LogP contribution >= 0.6 is 11.6 Å². The summed E-state index contributed by atoms with van der Waals surface area (Å²) < 4.78 is 70.5. The molecule has 0 bridgehead atoms. The second kappa shape index (κ2) is 10.1. The first kappa shape index (κ1) is 25.4. The normalized spacial score (nSPS) is 16.7. The first-order chi connectivity index (χ1) is 16.5. The highest BCUT2D eigenvalue weighted by atomic mass is 35.5. The van der Waals surface area contributed by atoms with E-state index in [4.69, 9.17) is 11.6 Å². The lowest BCUT2D eigenvalue weighted by Gasteiger charge is -2.41. The fourth-order valence-corrected chi connectivity index (χ4v) is 5.69. The number of halogens is 4. The van der Waals surface area contributed by atoms with Crippen molar-refractivity contribution < 1.29 is 26.3 Å².